The number of rotatable bonds is 7. The van der Waals surface area contributed by atoms with Crippen LogP contribution in [-0.2, 0) is 9.53 Å². The molecule has 0 fully saturated rings. The zero-order chi connectivity index (χ0) is 13.3. The van der Waals surface area contributed by atoms with Crippen molar-refractivity contribution < 1.29 is 19.1 Å². The van der Waals surface area contributed by atoms with Gasteiger partial charge in [0.25, 0.3) is 0 Å². The summed E-state index contributed by atoms with van der Waals surface area (Å²) in [6, 6.07) is -0.767. The lowest BCUT2D eigenvalue weighted by molar-refractivity contribution is -0.143. The van der Waals surface area contributed by atoms with Gasteiger partial charge in [-0.25, -0.2) is 4.79 Å². The SMILES string of the molecule is COC(=O)C(CCCCNC(=O)Cl)NC(=O)Cl. The molecule has 0 saturated heterocycles. The van der Waals surface area contributed by atoms with Gasteiger partial charge in [-0.15, -0.1) is 0 Å². The maximum absolute atomic E-state index is 11.2. The Kier molecular flexibility index (Phi) is 8.53. The smallest absolute Gasteiger partial charge is 0.328 e. The molecule has 1 unspecified atom stereocenters. The maximum atomic E-state index is 11.2. The maximum Gasteiger partial charge on any atom is 0.328 e. The van der Waals surface area contributed by atoms with E-state index in [1.807, 2.05) is 0 Å². The van der Waals surface area contributed by atoms with Crippen molar-refractivity contribution in [3.05, 3.63) is 0 Å². The summed E-state index contributed by atoms with van der Waals surface area (Å²) in [4.78, 5) is 32.2. The Bertz CT molecular complexity index is 286. The Morgan fingerprint density at radius 2 is 1.82 bits per heavy atom. The summed E-state index contributed by atoms with van der Waals surface area (Å²) in [5.41, 5.74) is 0. The monoisotopic (exact) mass is 284 g/mol. The van der Waals surface area contributed by atoms with E-state index in [1.165, 1.54) is 7.11 Å². The van der Waals surface area contributed by atoms with Gasteiger partial charge in [0.15, 0.2) is 0 Å². The van der Waals surface area contributed by atoms with E-state index >= 15 is 0 Å². The average Bonchev–Trinajstić information content (AvgIpc) is 2.25. The van der Waals surface area contributed by atoms with E-state index in [0.717, 1.165) is 0 Å². The molecule has 1 atom stereocenters. The molecule has 0 saturated carbocycles. The molecule has 6 nitrogen and oxygen atoms in total. The van der Waals surface area contributed by atoms with Crippen LogP contribution in [0.1, 0.15) is 19.3 Å². The van der Waals surface area contributed by atoms with Crippen molar-refractivity contribution in [3.63, 3.8) is 0 Å². The van der Waals surface area contributed by atoms with E-state index < -0.39 is 22.7 Å². The van der Waals surface area contributed by atoms with Gasteiger partial charge in [0.1, 0.15) is 6.04 Å². The first kappa shape index (κ1) is 16.0. The zero-order valence-electron chi connectivity index (χ0n) is 9.29. The molecule has 0 aromatic rings. The largest absolute Gasteiger partial charge is 0.467 e. The van der Waals surface area contributed by atoms with Gasteiger partial charge in [-0.1, -0.05) is 0 Å². The molecule has 0 rings (SSSR count). The normalized spacial score (nSPS) is 11.5. The average molecular weight is 285 g/mol. The van der Waals surface area contributed by atoms with E-state index in [2.05, 4.69) is 15.4 Å². The number of esters is 1. The number of unbranched alkanes of at least 4 members (excludes halogenated alkanes) is 1. The summed E-state index contributed by atoms with van der Waals surface area (Å²) in [6.07, 6.45) is 1.61. The van der Waals surface area contributed by atoms with Crippen LogP contribution >= 0.6 is 23.2 Å². The molecule has 8 heteroatoms. The van der Waals surface area contributed by atoms with Crippen LogP contribution in [0.3, 0.4) is 0 Å². The molecule has 0 spiro atoms. The molecule has 2 amide bonds. The topological polar surface area (TPSA) is 84.5 Å². The van der Waals surface area contributed by atoms with Gasteiger partial charge in [-0.3, -0.25) is 9.59 Å². The van der Waals surface area contributed by atoms with Crippen molar-refractivity contribution >= 4 is 39.9 Å². The fraction of sp³-hybridized carbons (Fsp3) is 0.667. The van der Waals surface area contributed by atoms with Gasteiger partial charge in [0, 0.05) is 6.54 Å². The quantitative estimate of drug-likeness (QED) is 0.322. The molecular formula is C9H14Cl2N2O4. The highest BCUT2D eigenvalue weighted by atomic mass is 35.5. The molecule has 0 heterocycles. The first-order chi connectivity index (χ1) is 7.97. The minimum absolute atomic E-state index is 0.378. The zero-order valence-corrected chi connectivity index (χ0v) is 10.8. The summed E-state index contributed by atoms with van der Waals surface area (Å²) in [5, 5.41) is 3.24. The molecule has 0 aromatic heterocycles. The summed E-state index contributed by atoms with van der Waals surface area (Å²) < 4.78 is 4.51. The minimum Gasteiger partial charge on any atom is -0.467 e. The highest BCUT2D eigenvalue weighted by Crippen LogP contribution is 2.03. The van der Waals surface area contributed by atoms with E-state index in [4.69, 9.17) is 23.2 Å². The van der Waals surface area contributed by atoms with E-state index in [1.54, 1.807) is 0 Å². The summed E-state index contributed by atoms with van der Waals surface area (Å²) in [6.45, 7) is 0.408. The highest BCUT2D eigenvalue weighted by Gasteiger charge is 2.19. The summed E-state index contributed by atoms with van der Waals surface area (Å²) >= 11 is 10.2. The predicted molar refractivity (Wildman–Crippen MR) is 63.3 cm³/mol. The third kappa shape index (κ3) is 8.76. The van der Waals surface area contributed by atoms with Crippen molar-refractivity contribution in [3.8, 4) is 0 Å². The Morgan fingerprint density at radius 1 is 1.18 bits per heavy atom. The number of hydrogen-bond donors (Lipinski definition) is 2. The molecular weight excluding hydrogens is 271 g/mol. The number of nitrogens with one attached hydrogen (secondary N) is 2. The van der Waals surface area contributed by atoms with Crippen molar-refractivity contribution in [2.45, 2.75) is 25.3 Å². The lowest BCUT2D eigenvalue weighted by atomic mass is 10.1. The Morgan fingerprint density at radius 3 is 2.29 bits per heavy atom. The van der Waals surface area contributed by atoms with Crippen LogP contribution in [0.15, 0.2) is 0 Å². The van der Waals surface area contributed by atoms with Crippen LogP contribution in [0.5, 0.6) is 0 Å². The Balaban J connectivity index is 3.87. The fourth-order valence-corrected chi connectivity index (χ4v) is 1.41. The second-order valence-electron chi connectivity index (χ2n) is 3.19. The lowest BCUT2D eigenvalue weighted by Gasteiger charge is -2.14. The van der Waals surface area contributed by atoms with Gasteiger partial charge in [-0.05, 0) is 42.5 Å². The molecule has 0 aliphatic rings. The predicted octanol–water partition coefficient (Wildman–Crippen LogP) is 1.60. The first-order valence-electron chi connectivity index (χ1n) is 4.94. The molecule has 0 bridgehead atoms. The number of carbonyl (C=O) groups is 3. The number of hydrogen-bond acceptors (Lipinski definition) is 4. The molecule has 98 valence electrons. The summed E-state index contributed by atoms with van der Waals surface area (Å²) in [7, 11) is 1.23. The fourth-order valence-electron chi connectivity index (χ4n) is 1.19. The van der Waals surface area contributed by atoms with Gasteiger partial charge in [-0.2, -0.15) is 0 Å². The first-order valence-corrected chi connectivity index (χ1v) is 5.70. The van der Waals surface area contributed by atoms with Crippen molar-refractivity contribution in [1.82, 2.24) is 10.6 Å². The Labute approximate surface area is 109 Å². The van der Waals surface area contributed by atoms with Gasteiger partial charge in [0.2, 0.25) is 0 Å². The lowest BCUT2D eigenvalue weighted by Crippen LogP contribution is -2.39. The van der Waals surface area contributed by atoms with Crippen molar-refractivity contribution in [1.29, 1.82) is 0 Å². The minimum atomic E-state index is -0.811. The van der Waals surface area contributed by atoms with Crippen LogP contribution in [0.2, 0.25) is 0 Å². The molecule has 0 aliphatic heterocycles. The molecule has 0 radical (unpaired) electrons. The summed E-state index contributed by atoms with van der Waals surface area (Å²) in [5.74, 6) is -0.555. The second-order valence-corrected chi connectivity index (χ2v) is 3.88. The van der Waals surface area contributed by atoms with E-state index in [-0.39, 0.29) is 0 Å². The van der Waals surface area contributed by atoms with Crippen LogP contribution in [0.25, 0.3) is 0 Å². The number of amides is 2. The van der Waals surface area contributed by atoms with Crippen LogP contribution < -0.4 is 10.6 Å². The molecule has 17 heavy (non-hydrogen) atoms. The van der Waals surface area contributed by atoms with Gasteiger partial charge in [0.05, 0.1) is 7.11 Å². The van der Waals surface area contributed by atoms with Crippen LogP contribution in [0.4, 0.5) is 9.59 Å². The van der Waals surface area contributed by atoms with Gasteiger partial charge < -0.3 is 15.4 Å². The second kappa shape index (κ2) is 9.07. The number of halogens is 2. The van der Waals surface area contributed by atoms with Gasteiger partial charge >= 0.3 is 16.7 Å². The third-order valence-electron chi connectivity index (χ3n) is 1.96. The van der Waals surface area contributed by atoms with Crippen molar-refractivity contribution in [2.75, 3.05) is 13.7 Å². The van der Waals surface area contributed by atoms with Crippen LogP contribution in [0, 0.1) is 0 Å². The molecule has 0 aromatic carbocycles. The number of carbonyl (C=O) groups excluding carboxylic acids is 3. The van der Waals surface area contributed by atoms with Crippen LogP contribution in [-0.4, -0.2) is 36.4 Å². The Hall–Kier alpha value is -1.01. The van der Waals surface area contributed by atoms with E-state index in [9.17, 15) is 14.4 Å². The number of ether oxygens (including phenoxy) is 1. The van der Waals surface area contributed by atoms with Crippen molar-refractivity contribution in [2.24, 2.45) is 0 Å². The standard InChI is InChI=1S/C9H14Cl2N2O4/c1-17-7(14)6(13-9(11)16)4-2-3-5-12-8(10)15/h6H,2-5H2,1H3,(H,12,15)(H,13,16). The molecule has 2 N–H and O–H groups in total. The third-order valence-corrected chi connectivity index (χ3v) is 2.20. The number of methoxy groups -OCH3 is 1. The highest BCUT2D eigenvalue weighted by molar-refractivity contribution is 6.63. The molecule has 0 aliphatic carbocycles. The van der Waals surface area contributed by atoms with E-state index in [0.29, 0.717) is 25.8 Å².